The SMILES string of the molecule is COc1ccc(C(=O)Nc2ccc(C(=O)O)c(O)c2C)cc1C12CC3CC(CC(C3)C1)C2. The van der Waals surface area contributed by atoms with Gasteiger partial charge in [0.05, 0.1) is 7.11 Å². The summed E-state index contributed by atoms with van der Waals surface area (Å²) in [5.74, 6) is 1.36. The third-order valence-corrected chi connectivity index (χ3v) is 7.98. The molecular weight excluding hydrogens is 406 g/mol. The summed E-state index contributed by atoms with van der Waals surface area (Å²) in [6.45, 7) is 1.59. The van der Waals surface area contributed by atoms with Crippen molar-refractivity contribution in [3.05, 3.63) is 52.6 Å². The van der Waals surface area contributed by atoms with Gasteiger partial charge in [-0.1, -0.05) is 0 Å². The van der Waals surface area contributed by atoms with Gasteiger partial charge in [0.1, 0.15) is 17.1 Å². The van der Waals surface area contributed by atoms with Gasteiger partial charge in [-0.2, -0.15) is 0 Å². The number of anilines is 1. The van der Waals surface area contributed by atoms with Gasteiger partial charge >= 0.3 is 5.97 Å². The summed E-state index contributed by atoms with van der Waals surface area (Å²) in [4.78, 5) is 24.4. The maximum Gasteiger partial charge on any atom is 0.339 e. The fourth-order valence-electron chi connectivity index (χ4n) is 6.91. The highest BCUT2D eigenvalue weighted by atomic mass is 16.5. The molecule has 3 N–H and O–H groups in total. The minimum Gasteiger partial charge on any atom is -0.507 e. The van der Waals surface area contributed by atoms with E-state index in [4.69, 9.17) is 4.74 Å². The minimum absolute atomic E-state index is 0.0910. The number of carbonyl (C=O) groups is 2. The van der Waals surface area contributed by atoms with Crippen molar-refractivity contribution in [2.24, 2.45) is 17.8 Å². The number of carboxylic acids is 1. The maximum atomic E-state index is 13.1. The molecule has 0 saturated heterocycles. The van der Waals surface area contributed by atoms with Crippen molar-refractivity contribution in [3.8, 4) is 11.5 Å². The Labute approximate surface area is 187 Å². The second kappa shape index (κ2) is 7.54. The lowest BCUT2D eigenvalue weighted by Crippen LogP contribution is -2.48. The molecule has 2 aromatic rings. The van der Waals surface area contributed by atoms with Gasteiger partial charge in [-0.05, 0) is 98.9 Å². The Morgan fingerprint density at radius 3 is 2.22 bits per heavy atom. The van der Waals surface area contributed by atoms with Crippen LogP contribution in [0.25, 0.3) is 0 Å². The molecule has 0 atom stereocenters. The first kappa shape index (κ1) is 20.9. The second-order valence-electron chi connectivity index (χ2n) is 10.0. The van der Waals surface area contributed by atoms with Crippen LogP contribution >= 0.6 is 0 Å². The topological polar surface area (TPSA) is 95.9 Å². The smallest absolute Gasteiger partial charge is 0.339 e. The molecule has 4 bridgehead atoms. The molecule has 168 valence electrons. The first-order valence-corrected chi connectivity index (χ1v) is 11.4. The Morgan fingerprint density at radius 2 is 1.66 bits per heavy atom. The molecule has 2 aromatic carbocycles. The van der Waals surface area contributed by atoms with E-state index in [0.29, 0.717) is 16.8 Å². The van der Waals surface area contributed by atoms with Crippen LogP contribution in [0.1, 0.15) is 70.4 Å². The van der Waals surface area contributed by atoms with Crippen LogP contribution in [-0.2, 0) is 5.41 Å². The molecule has 0 spiro atoms. The number of nitrogens with one attached hydrogen (secondary N) is 1. The Bertz CT molecular complexity index is 1070. The van der Waals surface area contributed by atoms with Gasteiger partial charge in [0.15, 0.2) is 0 Å². The number of methoxy groups -OCH3 is 1. The Balaban J connectivity index is 1.46. The molecule has 0 radical (unpaired) electrons. The zero-order valence-electron chi connectivity index (χ0n) is 18.5. The van der Waals surface area contributed by atoms with Gasteiger partial charge in [0, 0.05) is 22.4 Å². The zero-order valence-corrected chi connectivity index (χ0v) is 18.5. The molecule has 0 unspecified atom stereocenters. The number of carboxylic acid groups (broad SMARTS) is 1. The summed E-state index contributed by atoms with van der Waals surface area (Å²) in [5, 5.41) is 22.2. The van der Waals surface area contributed by atoms with Gasteiger partial charge in [0.25, 0.3) is 5.91 Å². The molecule has 6 nitrogen and oxygen atoms in total. The molecule has 4 aliphatic rings. The van der Waals surface area contributed by atoms with E-state index in [1.807, 2.05) is 12.1 Å². The van der Waals surface area contributed by atoms with E-state index in [0.717, 1.165) is 29.1 Å². The highest BCUT2D eigenvalue weighted by molar-refractivity contribution is 6.05. The van der Waals surface area contributed by atoms with Gasteiger partial charge < -0.3 is 20.3 Å². The molecular formula is C26H29NO5. The fraction of sp³-hybridized carbons (Fsp3) is 0.462. The normalized spacial score (nSPS) is 27.9. The molecule has 0 heterocycles. The summed E-state index contributed by atoms with van der Waals surface area (Å²) in [5.41, 5.74) is 2.31. The predicted molar refractivity (Wildman–Crippen MR) is 121 cm³/mol. The van der Waals surface area contributed by atoms with E-state index in [1.54, 1.807) is 20.1 Å². The number of ether oxygens (including phenoxy) is 1. The second-order valence-corrected chi connectivity index (χ2v) is 10.0. The Hall–Kier alpha value is -3.02. The van der Waals surface area contributed by atoms with E-state index in [1.165, 1.54) is 50.7 Å². The van der Waals surface area contributed by atoms with Gasteiger partial charge in [-0.3, -0.25) is 4.79 Å². The van der Waals surface area contributed by atoms with Crippen molar-refractivity contribution < 1.29 is 24.5 Å². The third-order valence-electron chi connectivity index (χ3n) is 7.98. The summed E-state index contributed by atoms with van der Waals surface area (Å²) in [7, 11) is 1.69. The van der Waals surface area contributed by atoms with E-state index in [2.05, 4.69) is 5.32 Å². The quantitative estimate of drug-likeness (QED) is 0.605. The molecule has 4 fully saturated rings. The maximum absolute atomic E-state index is 13.1. The number of amides is 1. The van der Waals surface area contributed by atoms with Crippen molar-refractivity contribution in [3.63, 3.8) is 0 Å². The standard InChI is InChI=1S/C26H29NO5/c1-14-21(5-4-19(23(14)28)25(30)31)27-24(29)18-3-6-22(32-2)20(10-18)26-11-15-7-16(12-26)9-17(8-15)13-26/h3-6,10,15-17,28H,7-9,11-13H2,1-2H3,(H,27,29)(H,30,31). The predicted octanol–water partition coefficient (Wildman–Crippen LogP) is 5.13. The van der Waals surface area contributed by atoms with E-state index >= 15 is 0 Å². The van der Waals surface area contributed by atoms with E-state index in [9.17, 15) is 19.8 Å². The Morgan fingerprint density at radius 1 is 1.03 bits per heavy atom. The number of hydrogen-bond donors (Lipinski definition) is 3. The van der Waals surface area contributed by atoms with Crippen LogP contribution in [0.3, 0.4) is 0 Å². The highest BCUT2D eigenvalue weighted by Gasteiger charge is 2.52. The molecule has 4 saturated carbocycles. The van der Waals surface area contributed by atoms with E-state index in [-0.39, 0.29) is 22.6 Å². The zero-order chi connectivity index (χ0) is 22.6. The van der Waals surface area contributed by atoms with E-state index < -0.39 is 5.97 Å². The van der Waals surface area contributed by atoms with Crippen LogP contribution in [0, 0.1) is 24.7 Å². The van der Waals surface area contributed by atoms with Gasteiger partial charge in [0.2, 0.25) is 0 Å². The van der Waals surface area contributed by atoms with Crippen LogP contribution in [0.2, 0.25) is 0 Å². The first-order chi connectivity index (χ1) is 15.3. The summed E-state index contributed by atoms with van der Waals surface area (Å²) in [6.07, 6.45) is 7.54. The summed E-state index contributed by atoms with van der Waals surface area (Å²) in [6, 6.07) is 8.46. The number of aromatic hydroxyl groups is 1. The van der Waals surface area contributed by atoms with Crippen LogP contribution in [-0.4, -0.2) is 29.2 Å². The first-order valence-electron chi connectivity index (χ1n) is 11.4. The molecule has 1 amide bonds. The minimum atomic E-state index is -1.21. The van der Waals surface area contributed by atoms with Crippen LogP contribution in [0.4, 0.5) is 5.69 Å². The summed E-state index contributed by atoms with van der Waals surface area (Å²) >= 11 is 0. The number of benzene rings is 2. The molecule has 6 rings (SSSR count). The number of phenols is 1. The summed E-state index contributed by atoms with van der Waals surface area (Å²) < 4.78 is 5.74. The average Bonchev–Trinajstić information content (AvgIpc) is 2.75. The molecule has 0 aromatic heterocycles. The van der Waals surface area contributed by atoms with Crippen LogP contribution in [0.5, 0.6) is 11.5 Å². The number of hydrogen-bond acceptors (Lipinski definition) is 4. The third kappa shape index (κ3) is 3.33. The highest BCUT2D eigenvalue weighted by Crippen LogP contribution is 2.61. The fourth-order valence-corrected chi connectivity index (χ4v) is 6.91. The van der Waals surface area contributed by atoms with Crippen molar-refractivity contribution in [2.45, 2.75) is 50.9 Å². The number of rotatable bonds is 5. The number of carbonyl (C=O) groups excluding carboxylic acids is 1. The Kier molecular flexibility index (Phi) is 4.91. The van der Waals surface area contributed by atoms with Gasteiger partial charge in [-0.15, -0.1) is 0 Å². The average molecular weight is 436 g/mol. The van der Waals surface area contributed by atoms with Gasteiger partial charge in [-0.25, -0.2) is 4.79 Å². The van der Waals surface area contributed by atoms with Crippen LogP contribution < -0.4 is 10.1 Å². The van der Waals surface area contributed by atoms with Crippen molar-refractivity contribution in [1.82, 2.24) is 0 Å². The van der Waals surface area contributed by atoms with Crippen LogP contribution in [0.15, 0.2) is 30.3 Å². The van der Waals surface area contributed by atoms with Crippen molar-refractivity contribution in [1.29, 1.82) is 0 Å². The molecule has 0 aliphatic heterocycles. The lowest BCUT2D eigenvalue weighted by atomic mass is 9.48. The molecule has 4 aliphatic carbocycles. The molecule has 32 heavy (non-hydrogen) atoms. The molecule has 6 heteroatoms. The monoisotopic (exact) mass is 435 g/mol. The lowest BCUT2D eigenvalue weighted by molar-refractivity contribution is -0.00617. The van der Waals surface area contributed by atoms with Crippen molar-refractivity contribution >= 4 is 17.6 Å². The lowest BCUT2D eigenvalue weighted by Gasteiger charge is -2.57. The van der Waals surface area contributed by atoms with Crippen molar-refractivity contribution in [2.75, 3.05) is 12.4 Å². The largest absolute Gasteiger partial charge is 0.507 e. The number of aromatic carboxylic acids is 1.